The summed E-state index contributed by atoms with van der Waals surface area (Å²) in [6.45, 7) is 2.68. The van der Waals surface area contributed by atoms with Gasteiger partial charge in [-0.1, -0.05) is 29.3 Å². The molecule has 41 heavy (non-hydrogen) atoms. The van der Waals surface area contributed by atoms with Gasteiger partial charge in [0.1, 0.15) is 5.75 Å². The molecule has 0 radical (unpaired) electrons. The number of alkyl halides is 3. The molecule has 0 saturated carbocycles. The molecule has 2 fully saturated rings. The normalized spacial score (nSPS) is 20.1. The van der Waals surface area contributed by atoms with Gasteiger partial charge in [-0.2, -0.15) is 18.4 Å². The summed E-state index contributed by atoms with van der Waals surface area (Å²) in [5.74, 6) is -1.51. The number of ether oxygens (including phenoxy) is 1. The van der Waals surface area contributed by atoms with Gasteiger partial charge in [0.25, 0.3) is 5.91 Å². The number of hydrogen-bond donors (Lipinski definition) is 0. The van der Waals surface area contributed by atoms with Gasteiger partial charge in [0.05, 0.1) is 34.8 Å². The van der Waals surface area contributed by atoms with E-state index >= 15 is 0 Å². The number of carbonyl (C=O) groups excluding carboxylic acids is 2. The Morgan fingerprint density at radius 2 is 1.80 bits per heavy atom. The highest BCUT2D eigenvalue weighted by Crippen LogP contribution is 2.39. The van der Waals surface area contributed by atoms with Crippen LogP contribution >= 0.6 is 23.2 Å². The van der Waals surface area contributed by atoms with Crippen molar-refractivity contribution in [1.29, 1.82) is 5.26 Å². The number of likely N-dealkylation sites (tertiary alicyclic amines) is 2. The number of carbonyl (C=O) groups is 2. The summed E-state index contributed by atoms with van der Waals surface area (Å²) in [5, 5.41) is 9.54. The molecule has 0 spiro atoms. The number of nitriles is 1. The van der Waals surface area contributed by atoms with Crippen molar-refractivity contribution in [3.05, 3.63) is 63.1 Å². The highest BCUT2D eigenvalue weighted by molar-refractivity contribution is 6.42. The fourth-order valence-electron chi connectivity index (χ4n) is 5.72. The maximum atomic E-state index is 13.6. The van der Waals surface area contributed by atoms with Gasteiger partial charge in [-0.05, 0) is 61.8 Å². The van der Waals surface area contributed by atoms with Crippen LogP contribution in [0.5, 0.6) is 5.75 Å². The number of nitrogens with zero attached hydrogens (tertiary/aromatic N) is 4. The maximum Gasteiger partial charge on any atom is 0.419 e. The molecule has 2 aromatic carbocycles. The van der Waals surface area contributed by atoms with Crippen LogP contribution in [0.1, 0.15) is 46.7 Å². The lowest BCUT2D eigenvalue weighted by atomic mass is 9.93. The highest BCUT2D eigenvalue weighted by atomic mass is 35.5. The topological polar surface area (TPSA) is 76.9 Å². The summed E-state index contributed by atoms with van der Waals surface area (Å²) in [4.78, 5) is 32.5. The summed E-state index contributed by atoms with van der Waals surface area (Å²) in [6.07, 6.45) is -2.92. The molecule has 2 aliphatic heterocycles. The lowest BCUT2D eigenvalue weighted by Gasteiger charge is -2.33. The Labute approximate surface area is 247 Å². The molecule has 2 heterocycles. The van der Waals surface area contributed by atoms with Crippen molar-refractivity contribution in [3.63, 3.8) is 0 Å². The summed E-state index contributed by atoms with van der Waals surface area (Å²) < 4.78 is 45.8. The third-order valence-corrected chi connectivity index (χ3v) is 8.76. The zero-order valence-electron chi connectivity index (χ0n) is 22.8. The third-order valence-electron chi connectivity index (χ3n) is 8.02. The van der Waals surface area contributed by atoms with Crippen molar-refractivity contribution in [1.82, 2.24) is 14.7 Å². The maximum absolute atomic E-state index is 13.6. The molecule has 220 valence electrons. The first-order valence-electron chi connectivity index (χ1n) is 13.3. The van der Waals surface area contributed by atoms with Crippen molar-refractivity contribution in [2.75, 3.05) is 46.9 Å². The van der Waals surface area contributed by atoms with E-state index in [-0.39, 0.29) is 35.6 Å². The largest absolute Gasteiger partial charge is 0.496 e. The molecule has 4 rings (SSSR count). The second-order valence-electron chi connectivity index (χ2n) is 10.4. The minimum atomic E-state index is -4.70. The molecule has 2 aliphatic rings. The molecule has 0 bridgehead atoms. The van der Waals surface area contributed by atoms with Crippen molar-refractivity contribution < 1.29 is 27.5 Å². The van der Waals surface area contributed by atoms with E-state index in [2.05, 4.69) is 11.0 Å². The quantitative estimate of drug-likeness (QED) is 0.401. The number of piperidine rings is 1. The van der Waals surface area contributed by atoms with Crippen LogP contribution < -0.4 is 4.74 Å². The molecular weight excluding hydrogens is 580 g/mol. The van der Waals surface area contributed by atoms with Crippen LogP contribution in [0, 0.1) is 17.2 Å². The van der Waals surface area contributed by atoms with Gasteiger partial charge in [-0.15, -0.1) is 0 Å². The molecule has 2 amide bonds. The van der Waals surface area contributed by atoms with Gasteiger partial charge in [0.2, 0.25) is 5.91 Å². The van der Waals surface area contributed by atoms with E-state index in [1.807, 2.05) is 0 Å². The van der Waals surface area contributed by atoms with E-state index in [4.69, 9.17) is 33.2 Å². The smallest absolute Gasteiger partial charge is 0.419 e. The van der Waals surface area contributed by atoms with E-state index in [1.165, 1.54) is 18.0 Å². The summed E-state index contributed by atoms with van der Waals surface area (Å²) in [6, 6.07) is 10.0. The van der Waals surface area contributed by atoms with Crippen LogP contribution in [-0.4, -0.2) is 79.4 Å². The van der Waals surface area contributed by atoms with E-state index in [0.29, 0.717) is 42.4 Å². The van der Waals surface area contributed by atoms with Crippen molar-refractivity contribution >= 4 is 35.0 Å². The van der Waals surface area contributed by atoms with Gasteiger partial charge in [-0.25, -0.2) is 0 Å². The highest BCUT2D eigenvalue weighted by Gasteiger charge is 2.43. The molecule has 2 saturated heterocycles. The monoisotopic (exact) mass is 610 g/mol. The first-order valence-corrected chi connectivity index (χ1v) is 14.1. The third kappa shape index (κ3) is 6.91. The van der Waals surface area contributed by atoms with Crippen LogP contribution in [0.3, 0.4) is 0 Å². The second kappa shape index (κ2) is 12.9. The molecule has 2 atom stereocenters. The summed E-state index contributed by atoms with van der Waals surface area (Å²) in [7, 11) is 2.68. The van der Waals surface area contributed by atoms with Crippen LogP contribution in [-0.2, 0) is 11.0 Å². The average Bonchev–Trinajstić information content (AvgIpc) is 3.41. The fraction of sp³-hybridized carbons (Fsp3) is 0.483. The Bertz CT molecular complexity index is 1330. The van der Waals surface area contributed by atoms with Gasteiger partial charge in [0, 0.05) is 50.5 Å². The van der Waals surface area contributed by atoms with Crippen LogP contribution in [0.15, 0.2) is 36.4 Å². The minimum absolute atomic E-state index is 0.0119. The zero-order valence-corrected chi connectivity index (χ0v) is 24.3. The zero-order chi connectivity index (χ0) is 29.9. The second-order valence-corrected chi connectivity index (χ2v) is 11.3. The molecule has 0 aliphatic carbocycles. The minimum Gasteiger partial charge on any atom is -0.496 e. The van der Waals surface area contributed by atoms with Gasteiger partial charge < -0.3 is 19.4 Å². The summed E-state index contributed by atoms with van der Waals surface area (Å²) >= 11 is 12.4. The molecular formula is C29H31Cl2F3N4O3. The molecule has 0 N–H and O–H groups in total. The molecule has 0 aromatic heterocycles. The van der Waals surface area contributed by atoms with Crippen molar-refractivity contribution in [2.24, 2.45) is 5.92 Å². The first-order chi connectivity index (χ1) is 19.4. The average molecular weight is 611 g/mol. The summed E-state index contributed by atoms with van der Waals surface area (Å²) in [5.41, 5.74) is -0.399. The lowest BCUT2D eigenvalue weighted by Crippen LogP contribution is -2.44. The number of methoxy groups -OCH3 is 1. The SMILES string of the molecule is COc1ccc(C(=O)N(C)[C@H]2CN(C(=O)C3CCN(CCC#N)CC3)C[C@@H]2c2ccc(Cl)c(Cl)c2)cc1C(F)(F)F. The number of benzene rings is 2. The van der Waals surface area contributed by atoms with E-state index in [0.717, 1.165) is 37.9 Å². The Hall–Kier alpha value is -3.00. The standard InChI is InChI=1S/C29H31Cl2F3N4O3/c1-36(27(39)20-5-7-26(41-2)22(14-20)29(32,33)34)25-17-38(16-21(25)19-4-6-23(30)24(31)15-19)28(40)18-8-12-37(13-9-18)11-3-10-35/h4-7,14-15,18,21,25H,3,8-9,11-13,16-17H2,1-2H3/t21-,25+/m1/s1. The van der Waals surface area contributed by atoms with E-state index < -0.39 is 23.7 Å². The molecule has 7 nitrogen and oxygen atoms in total. The van der Waals surface area contributed by atoms with Gasteiger partial charge in [-0.3, -0.25) is 9.59 Å². The number of likely N-dealkylation sites (N-methyl/N-ethyl adjacent to an activating group) is 1. The number of hydrogen-bond acceptors (Lipinski definition) is 5. The Kier molecular flexibility index (Phi) is 9.73. The lowest BCUT2D eigenvalue weighted by molar-refractivity contribution is -0.139. The van der Waals surface area contributed by atoms with Crippen molar-refractivity contribution in [2.45, 2.75) is 37.4 Å². The fourth-order valence-corrected chi connectivity index (χ4v) is 6.02. The molecule has 2 aromatic rings. The molecule has 0 unspecified atom stereocenters. The van der Waals surface area contributed by atoms with Gasteiger partial charge >= 0.3 is 6.18 Å². The van der Waals surface area contributed by atoms with E-state index in [1.54, 1.807) is 23.1 Å². The van der Waals surface area contributed by atoms with Gasteiger partial charge in [0.15, 0.2) is 0 Å². The Morgan fingerprint density at radius 3 is 2.41 bits per heavy atom. The van der Waals surface area contributed by atoms with Crippen LogP contribution in [0.4, 0.5) is 13.2 Å². The Morgan fingerprint density at radius 1 is 1.10 bits per heavy atom. The van der Waals surface area contributed by atoms with Crippen LogP contribution in [0.2, 0.25) is 10.0 Å². The number of rotatable bonds is 7. The number of halogens is 5. The van der Waals surface area contributed by atoms with Crippen molar-refractivity contribution in [3.8, 4) is 11.8 Å². The predicted molar refractivity (Wildman–Crippen MR) is 149 cm³/mol. The Balaban J connectivity index is 1.58. The number of amides is 2. The predicted octanol–water partition coefficient (Wildman–Crippen LogP) is 5.71. The first kappa shape index (κ1) is 30.9. The van der Waals surface area contributed by atoms with E-state index in [9.17, 15) is 22.8 Å². The van der Waals surface area contributed by atoms with Crippen LogP contribution in [0.25, 0.3) is 0 Å². The molecule has 12 heteroatoms.